The zero-order valence-corrected chi connectivity index (χ0v) is 10.5. The third-order valence-corrected chi connectivity index (χ3v) is 2.29. The average Bonchev–Trinajstić information content (AvgIpc) is 2.56. The van der Waals surface area contributed by atoms with Gasteiger partial charge in [-0.2, -0.15) is 9.50 Å². The topological polar surface area (TPSA) is 75.1 Å². The van der Waals surface area contributed by atoms with Crippen molar-refractivity contribution in [2.75, 3.05) is 0 Å². The highest BCUT2D eigenvalue weighted by Crippen LogP contribution is 2.02. The van der Waals surface area contributed by atoms with Crippen LogP contribution in [0.2, 0.25) is 0 Å². The van der Waals surface area contributed by atoms with Gasteiger partial charge < -0.3 is 5.32 Å². The molecule has 2 N–H and O–H groups in total. The quantitative estimate of drug-likeness (QED) is 0.800. The van der Waals surface area contributed by atoms with Crippen LogP contribution < -0.4 is 10.9 Å². The number of nitrogens with zero attached hydrogens (tertiary/aromatic N) is 3. The van der Waals surface area contributed by atoms with E-state index >= 15 is 0 Å². The van der Waals surface area contributed by atoms with Gasteiger partial charge in [0.1, 0.15) is 5.82 Å². The summed E-state index contributed by atoms with van der Waals surface area (Å²) in [6, 6.07) is 1.48. The number of rotatable bonds is 2. The Hall–Kier alpha value is -1.69. The molecule has 2 aromatic heterocycles. The molecule has 2 heterocycles. The number of aromatic nitrogens is 4. The largest absolute Gasteiger partial charge is 0.305 e. The zero-order chi connectivity index (χ0) is 12.6. The van der Waals surface area contributed by atoms with Gasteiger partial charge >= 0.3 is 0 Å². The number of fused-ring (bicyclic) bond motifs is 1. The van der Waals surface area contributed by atoms with E-state index in [1.807, 2.05) is 0 Å². The van der Waals surface area contributed by atoms with Crippen molar-refractivity contribution in [1.82, 2.24) is 24.9 Å². The molecular weight excluding hydrogens is 218 g/mol. The molecule has 0 aliphatic carbocycles. The third kappa shape index (κ3) is 2.71. The summed E-state index contributed by atoms with van der Waals surface area (Å²) in [5.41, 5.74) is 0.548. The predicted molar refractivity (Wildman–Crippen MR) is 64.9 cm³/mol. The molecule has 0 radical (unpaired) electrons. The monoisotopic (exact) mass is 235 g/mol. The molecule has 0 aromatic carbocycles. The standard InChI is InChI=1S/C11H17N5O/c1-7-5-9(17)16-10(13-7)14-8(15-16)6-12-11(2,3)4/h5,12H,6H2,1-4H3,(H,13,14,15). The molecular formula is C11H17N5O. The van der Waals surface area contributed by atoms with Crippen molar-refractivity contribution in [3.8, 4) is 0 Å². The van der Waals surface area contributed by atoms with Gasteiger partial charge in [0.05, 0.1) is 6.54 Å². The zero-order valence-electron chi connectivity index (χ0n) is 10.5. The molecule has 0 unspecified atom stereocenters. The minimum absolute atomic E-state index is 0.00722. The normalized spacial score (nSPS) is 12.2. The molecule has 92 valence electrons. The second kappa shape index (κ2) is 3.96. The maximum absolute atomic E-state index is 11.6. The van der Waals surface area contributed by atoms with Gasteiger partial charge in [-0.15, -0.1) is 0 Å². The number of hydrogen-bond donors (Lipinski definition) is 2. The summed E-state index contributed by atoms with van der Waals surface area (Å²) < 4.78 is 1.35. The van der Waals surface area contributed by atoms with Gasteiger partial charge in [-0.25, -0.2) is 4.98 Å². The van der Waals surface area contributed by atoms with E-state index in [4.69, 9.17) is 0 Å². The van der Waals surface area contributed by atoms with Gasteiger partial charge in [-0.05, 0) is 27.7 Å². The van der Waals surface area contributed by atoms with Crippen LogP contribution in [0.25, 0.3) is 5.78 Å². The van der Waals surface area contributed by atoms with E-state index in [1.54, 1.807) is 6.92 Å². The Balaban J connectivity index is 2.32. The van der Waals surface area contributed by atoms with Gasteiger partial charge in [0.15, 0.2) is 0 Å². The van der Waals surface area contributed by atoms with E-state index in [2.05, 4.69) is 41.2 Å². The molecule has 0 amide bonds. The van der Waals surface area contributed by atoms with E-state index in [1.165, 1.54) is 10.6 Å². The third-order valence-electron chi connectivity index (χ3n) is 2.29. The van der Waals surface area contributed by atoms with Crippen molar-refractivity contribution >= 4 is 5.78 Å². The highest BCUT2D eigenvalue weighted by atomic mass is 16.1. The molecule has 6 heteroatoms. The highest BCUT2D eigenvalue weighted by Gasteiger charge is 2.11. The first-order chi connectivity index (χ1) is 7.85. The van der Waals surface area contributed by atoms with Gasteiger partial charge in [-0.1, -0.05) is 0 Å². The van der Waals surface area contributed by atoms with E-state index in [9.17, 15) is 4.79 Å². The van der Waals surface area contributed by atoms with Crippen molar-refractivity contribution in [2.45, 2.75) is 39.8 Å². The number of H-pyrrole nitrogens is 1. The highest BCUT2D eigenvalue weighted by molar-refractivity contribution is 5.27. The van der Waals surface area contributed by atoms with Gasteiger partial charge in [0.2, 0.25) is 0 Å². The van der Waals surface area contributed by atoms with Crippen molar-refractivity contribution < 1.29 is 0 Å². The fourth-order valence-corrected chi connectivity index (χ4v) is 1.46. The van der Waals surface area contributed by atoms with Crippen LogP contribution in [0.3, 0.4) is 0 Å². The fourth-order valence-electron chi connectivity index (χ4n) is 1.46. The Morgan fingerprint density at radius 3 is 2.76 bits per heavy atom. The maximum atomic E-state index is 11.6. The summed E-state index contributed by atoms with van der Waals surface area (Å²) in [5, 5.41) is 6.23. The van der Waals surface area contributed by atoms with E-state index in [-0.39, 0.29) is 11.1 Å². The lowest BCUT2D eigenvalue weighted by atomic mass is 10.1. The summed E-state index contributed by atoms with van der Waals surface area (Å²) in [5.74, 6) is 1.12. The molecule has 0 aliphatic heterocycles. The number of aromatic amines is 1. The Labute approximate surface area is 99.1 Å². The second-order valence-electron chi connectivity index (χ2n) is 5.15. The first-order valence-corrected chi connectivity index (χ1v) is 5.55. The summed E-state index contributed by atoms with van der Waals surface area (Å²) in [4.78, 5) is 20.1. The lowest BCUT2D eigenvalue weighted by Crippen LogP contribution is -2.35. The number of aryl methyl sites for hydroxylation is 1. The lowest BCUT2D eigenvalue weighted by molar-refractivity contribution is 0.418. The molecule has 6 nitrogen and oxygen atoms in total. The van der Waals surface area contributed by atoms with Crippen LogP contribution in [-0.4, -0.2) is 25.1 Å². The van der Waals surface area contributed by atoms with E-state index in [0.29, 0.717) is 23.8 Å². The SMILES string of the molecule is Cc1cc(=O)n2[nH]c(CNC(C)(C)C)nc2n1. The first kappa shape index (κ1) is 11.8. The summed E-state index contributed by atoms with van der Waals surface area (Å²) in [7, 11) is 0. The Morgan fingerprint density at radius 2 is 2.12 bits per heavy atom. The van der Waals surface area contributed by atoms with Gasteiger partial charge in [0.25, 0.3) is 11.3 Å². The molecule has 0 saturated heterocycles. The van der Waals surface area contributed by atoms with Crippen LogP contribution >= 0.6 is 0 Å². The van der Waals surface area contributed by atoms with Crippen molar-refractivity contribution in [3.63, 3.8) is 0 Å². The summed E-state index contributed by atoms with van der Waals surface area (Å²) >= 11 is 0. The van der Waals surface area contributed by atoms with Crippen LogP contribution in [-0.2, 0) is 6.54 Å². The van der Waals surface area contributed by atoms with Crippen molar-refractivity contribution in [3.05, 3.63) is 27.9 Å². The van der Waals surface area contributed by atoms with Crippen LogP contribution in [0.15, 0.2) is 10.9 Å². The van der Waals surface area contributed by atoms with Crippen LogP contribution in [0, 0.1) is 6.92 Å². The van der Waals surface area contributed by atoms with Gasteiger partial charge in [0, 0.05) is 17.3 Å². The minimum atomic E-state index is -0.137. The maximum Gasteiger partial charge on any atom is 0.274 e. The molecule has 0 aliphatic rings. The Morgan fingerprint density at radius 1 is 1.41 bits per heavy atom. The summed E-state index contributed by atoms with van der Waals surface area (Å²) in [6.45, 7) is 8.58. The number of nitrogens with one attached hydrogen (secondary N) is 2. The lowest BCUT2D eigenvalue weighted by Gasteiger charge is -2.19. The van der Waals surface area contributed by atoms with Crippen molar-refractivity contribution in [2.24, 2.45) is 0 Å². The molecule has 0 spiro atoms. The van der Waals surface area contributed by atoms with E-state index in [0.717, 1.165) is 0 Å². The Kier molecular flexibility index (Phi) is 2.74. The second-order valence-corrected chi connectivity index (χ2v) is 5.15. The molecule has 0 bridgehead atoms. The molecule has 2 aromatic rings. The first-order valence-electron chi connectivity index (χ1n) is 5.55. The molecule has 0 fully saturated rings. The fraction of sp³-hybridized carbons (Fsp3) is 0.545. The Bertz CT molecular complexity index is 590. The molecule has 2 rings (SSSR count). The molecule has 0 atom stereocenters. The van der Waals surface area contributed by atoms with Crippen LogP contribution in [0.4, 0.5) is 0 Å². The van der Waals surface area contributed by atoms with Gasteiger partial charge in [-0.3, -0.25) is 9.89 Å². The van der Waals surface area contributed by atoms with Crippen LogP contribution in [0.1, 0.15) is 32.3 Å². The summed E-state index contributed by atoms with van der Waals surface area (Å²) in [6.07, 6.45) is 0. The van der Waals surface area contributed by atoms with Crippen LogP contribution in [0.5, 0.6) is 0 Å². The number of hydrogen-bond acceptors (Lipinski definition) is 4. The minimum Gasteiger partial charge on any atom is -0.305 e. The van der Waals surface area contributed by atoms with Crippen molar-refractivity contribution in [1.29, 1.82) is 0 Å². The smallest absolute Gasteiger partial charge is 0.274 e. The average molecular weight is 235 g/mol. The predicted octanol–water partition coefficient (Wildman–Crippen LogP) is 0.614. The molecule has 0 saturated carbocycles. The van der Waals surface area contributed by atoms with E-state index < -0.39 is 0 Å². The molecule has 17 heavy (non-hydrogen) atoms.